The molecule has 0 fully saturated rings. The van der Waals surface area contributed by atoms with E-state index in [1.165, 1.54) is 11.3 Å². The number of benzene rings is 4. The predicted octanol–water partition coefficient (Wildman–Crippen LogP) is 9.06. The SMILES string of the molecule is [2H]C([2H])(c1ccc([Si](C)(C)C)cc1)c1ccnc(-c2cccc3c2sc2cc(-c4cccc(F)c4)ccc23)c1. The molecule has 0 aliphatic carbocycles. The minimum atomic E-state index is -1.65. The Hall–Kier alpha value is -3.60. The molecular formula is C33H28FNSSi. The van der Waals surface area contributed by atoms with E-state index in [2.05, 4.69) is 61.0 Å². The van der Waals surface area contributed by atoms with Crippen LogP contribution in [0.5, 0.6) is 0 Å². The largest absolute Gasteiger partial charge is 0.256 e. The van der Waals surface area contributed by atoms with Gasteiger partial charge in [0.2, 0.25) is 0 Å². The molecule has 1 nitrogen and oxygen atoms in total. The van der Waals surface area contributed by atoms with Crippen LogP contribution in [-0.2, 0) is 6.37 Å². The Morgan fingerprint density at radius 2 is 1.57 bits per heavy atom. The van der Waals surface area contributed by atoms with Gasteiger partial charge in [-0.25, -0.2) is 4.39 Å². The Balaban J connectivity index is 1.42. The predicted molar refractivity (Wildman–Crippen MR) is 160 cm³/mol. The Morgan fingerprint density at radius 1 is 0.784 bits per heavy atom. The first-order valence-electron chi connectivity index (χ1n) is 13.4. The number of hydrogen-bond donors (Lipinski definition) is 0. The van der Waals surface area contributed by atoms with Crippen molar-refractivity contribution in [2.24, 2.45) is 0 Å². The molecule has 6 rings (SSSR count). The average molecular weight is 520 g/mol. The van der Waals surface area contributed by atoms with E-state index in [4.69, 9.17) is 2.74 Å². The Labute approximate surface area is 225 Å². The first kappa shape index (κ1) is 21.5. The molecule has 182 valence electrons. The second kappa shape index (κ2) is 9.36. The molecule has 6 aromatic rings. The number of fused-ring (bicyclic) bond motifs is 3. The van der Waals surface area contributed by atoms with Gasteiger partial charge in [-0.15, -0.1) is 11.3 Å². The summed E-state index contributed by atoms with van der Waals surface area (Å²) >= 11 is 1.69. The van der Waals surface area contributed by atoms with E-state index in [0.717, 1.165) is 42.6 Å². The molecule has 37 heavy (non-hydrogen) atoms. The summed E-state index contributed by atoms with van der Waals surface area (Å²) in [6.45, 7) is 6.88. The highest BCUT2D eigenvalue weighted by Gasteiger charge is 2.16. The third kappa shape index (κ3) is 4.75. The number of thiophene rings is 1. The summed E-state index contributed by atoms with van der Waals surface area (Å²) in [4.78, 5) is 4.66. The molecule has 2 heterocycles. The molecule has 0 amide bonds. The van der Waals surface area contributed by atoms with Gasteiger partial charge in [-0.05, 0) is 59.0 Å². The van der Waals surface area contributed by atoms with Crippen LogP contribution in [-0.4, -0.2) is 13.1 Å². The fourth-order valence-electron chi connectivity index (χ4n) is 4.72. The molecule has 0 saturated heterocycles. The summed E-state index contributed by atoms with van der Waals surface area (Å²) in [5.41, 5.74) is 4.78. The highest BCUT2D eigenvalue weighted by Crippen LogP contribution is 2.41. The lowest BCUT2D eigenvalue weighted by Gasteiger charge is -2.16. The molecule has 0 radical (unpaired) electrons. The monoisotopic (exact) mass is 519 g/mol. The van der Waals surface area contributed by atoms with Crippen molar-refractivity contribution in [1.29, 1.82) is 0 Å². The molecular weight excluding hydrogens is 490 g/mol. The minimum absolute atomic E-state index is 0.246. The van der Waals surface area contributed by atoms with Crippen molar-refractivity contribution in [3.8, 4) is 22.4 Å². The number of rotatable bonds is 5. The maximum atomic E-state index is 13.8. The topological polar surface area (TPSA) is 12.9 Å². The fraction of sp³-hybridized carbons (Fsp3) is 0.121. The summed E-state index contributed by atoms with van der Waals surface area (Å²) in [5, 5.41) is 3.59. The van der Waals surface area contributed by atoms with Gasteiger partial charge in [0.25, 0.3) is 0 Å². The number of aromatic nitrogens is 1. The molecule has 0 bridgehead atoms. The van der Waals surface area contributed by atoms with Crippen molar-refractivity contribution in [3.05, 3.63) is 120 Å². The van der Waals surface area contributed by atoms with E-state index < -0.39 is 14.4 Å². The standard InChI is InChI=1S/C33H28FNSSi/c1-37(2,3)27-13-10-22(11-14-27)18-23-16-17-35-31(19-23)30-9-5-8-29-28-15-12-25(21-32(28)36-33(29)30)24-6-4-7-26(34)20-24/h4-17,19-21H,18H2,1-3H3/i18D2. The highest BCUT2D eigenvalue weighted by atomic mass is 32.1. The Bertz CT molecular complexity index is 1840. The quantitative estimate of drug-likeness (QED) is 0.207. The molecule has 0 atom stereocenters. The van der Waals surface area contributed by atoms with Gasteiger partial charge in [0.15, 0.2) is 0 Å². The van der Waals surface area contributed by atoms with Crippen LogP contribution in [0.3, 0.4) is 0 Å². The van der Waals surface area contributed by atoms with Crippen LogP contribution in [0.1, 0.15) is 13.9 Å². The summed E-state index contributed by atoms with van der Waals surface area (Å²) in [6.07, 6.45) is 0.0523. The van der Waals surface area contributed by atoms with Crippen molar-refractivity contribution in [3.63, 3.8) is 0 Å². The third-order valence-electron chi connectivity index (χ3n) is 6.73. The van der Waals surface area contributed by atoms with Gasteiger partial charge in [0.1, 0.15) is 5.82 Å². The van der Waals surface area contributed by atoms with E-state index in [0.29, 0.717) is 11.1 Å². The zero-order valence-electron chi connectivity index (χ0n) is 23.0. The van der Waals surface area contributed by atoms with Crippen LogP contribution in [0.15, 0.2) is 103 Å². The van der Waals surface area contributed by atoms with Gasteiger partial charge in [0.05, 0.1) is 13.8 Å². The number of halogens is 1. The number of hydrogen-bond acceptors (Lipinski definition) is 2. The second-order valence-electron chi connectivity index (χ2n) is 10.4. The first-order chi connectivity index (χ1) is 18.6. The van der Waals surface area contributed by atoms with Gasteiger partial charge in [0, 0.05) is 34.7 Å². The lowest BCUT2D eigenvalue weighted by molar-refractivity contribution is 0.628. The molecule has 2 aromatic heterocycles. The smallest absolute Gasteiger partial charge is 0.123 e. The van der Waals surface area contributed by atoms with Crippen LogP contribution < -0.4 is 5.19 Å². The van der Waals surface area contributed by atoms with Gasteiger partial charge < -0.3 is 0 Å². The summed E-state index contributed by atoms with van der Waals surface area (Å²) in [7, 11) is -1.46. The Kier molecular flexibility index (Phi) is 5.44. The van der Waals surface area contributed by atoms with Gasteiger partial charge in [-0.2, -0.15) is 0 Å². The van der Waals surface area contributed by atoms with Crippen molar-refractivity contribution >= 4 is 44.8 Å². The van der Waals surface area contributed by atoms with Crippen LogP contribution >= 0.6 is 11.3 Å². The second-order valence-corrected chi connectivity index (χ2v) is 16.5. The third-order valence-corrected chi connectivity index (χ3v) is 10.00. The summed E-state index contributed by atoms with van der Waals surface area (Å²) in [6, 6.07) is 30.8. The van der Waals surface area contributed by atoms with Crippen molar-refractivity contribution in [1.82, 2.24) is 4.98 Å². The maximum Gasteiger partial charge on any atom is 0.123 e. The van der Waals surface area contributed by atoms with E-state index in [9.17, 15) is 4.39 Å². The molecule has 4 heteroatoms. The first-order valence-corrected chi connectivity index (χ1v) is 16.7. The summed E-state index contributed by atoms with van der Waals surface area (Å²) in [5.74, 6) is -0.246. The van der Waals surface area contributed by atoms with Gasteiger partial charge >= 0.3 is 0 Å². The zero-order valence-corrected chi connectivity index (χ0v) is 22.9. The average Bonchev–Trinajstić information content (AvgIpc) is 3.31. The Morgan fingerprint density at radius 3 is 2.35 bits per heavy atom. The minimum Gasteiger partial charge on any atom is -0.256 e. The van der Waals surface area contributed by atoms with Crippen LogP contribution in [0.2, 0.25) is 19.6 Å². The molecule has 0 aliphatic heterocycles. The molecule has 0 aliphatic rings. The van der Waals surface area contributed by atoms with E-state index in [-0.39, 0.29) is 5.82 Å². The van der Waals surface area contributed by atoms with Crippen molar-refractivity contribution < 1.29 is 7.13 Å². The molecule has 0 N–H and O–H groups in total. The van der Waals surface area contributed by atoms with E-state index >= 15 is 0 Å². The summed E-state index contributed by atoms with van der Waals surface area (Å²) < 4.78 is 34.0. The van der Waals surface area contributed by atoms with Crippen LogP contribution in [0, 0.1) is 5.82 Å². The van der Waals surface area contributed by atoms with Gasteiger partial charge in [-0.3, -0.25) is 4.98 Å². The number of pyridine rings is 1. The van der Waals surface area contributed by atoms with Crippen LogP contribution in [0.25, 0.3) is 42.6 Å². The molecule has 0 unspecified atom stereocenters. The fourth-order valence-corrected chi connectivity index (χ4v) is 7.15. The maximum absolute atomic E-state index is 13.8. The zero-order chi connectivity index (χ0) is 27.4. The normalized spacial score (nSPS) is 13.1. The lowest BCUT2D eigenvalue weighted by Crippen LogP contribution is -2.37. The molecule has 0 spiro atoms. The lowest BCUT2D eigenvalue weighted by atomic mass is 10.0. The molecule has 0 saturated carbocycles. The van der Waals surface area contributed by atoms with Crippen molar-refractivity contribution in [2.75, 3.05) is 0 Å². The highest BCUT2D eigenvalue weighted by molar-refractivity contribution is 7.26. The van der Waals surface area contributed by atoms with E-state index in [1.807, 2.05) is 36.4 Å². The van der Waals surface area contributed by atoms with Crippen molar-refractivity contribution in [2.45, 2.75) is 26.0 Å². The van der Waals surface area contributed by atoms with E-state index in [1.54, 1.807) is 35.7 Å². The van der Waals surface area contributed by atoms with Crippen LogP contribution in [0.4, 0.5) is 4.39 Å². The van der Waals surface area contributed by atoms with Gasteiger partial charge in [-0.1, -0.05) is 91.6 Å². The number of nitrogens with zero attached hydrogens (tertiary/aromatic N) is 1. The molecule has 4 aromatic carbocycles.